The number of hydrogen-bond acceptors (Lipinski definition) is 6. The fourth-order valence-corrected chi connectivity index (χ4v) is 3.48. The van der Waals surface area contributed by atoms with Gasteiger partial charge in [-0.15, -0.1) is 0 Å². The van der Waals surface area contributed by atoms with Gasteiger partial charge in [0.25, 0.3) is 0 Å². The molecule has 1 saturated heterocycles. The summed E-state index contributed by atoms with van der Waals surface area (Å²) in [5, 5.41) is 11.3. The van der Waals surface area contributed by atoms with Crippen LogP contribution in [0, 0.1) is 0 Å². The maximum absolute atomic E-state index is 11.6. The highest BCUT2D eigenvalue weighted by atomic mass is 32.2. The summed E-state index contributed by atoms with van der Waals surface area (Å²) in [5.74, 6) is -0.955. The van der Waals surface area contributed by atoms with E-state index in [1.54, 1.807) is 0 Å². The van der Waals surface area contributed by atoms with Crippen molar-refractivity contribution in [1.82, 2.24) is 10.1 Å². The van der Waals surface area contributed by atoms with E-state index in [1.807, 2.05) is 0 Å². The second kappa shape index (κ2) is 3.85. The van der Waals surface area contributed by atoms with Gasteiger partial charge in [-0.3, -0.25) is 4.79 Å². The highest BCUT2D eigenvalue weighted by Crippen LogP contribution is 2.32. The number of hydrogen-bond donors (Lipinski definition) is 1. The zero-order valence-electron chi connectivity index (χ0n) is 8.29. The number of nitrogens with zero attached hydrogens (tertiary/aromatic N) is 2. The summed E-state index contributed by atoms with van der Waals surface area (Å²) in [5.41, 5.74) is 0. The molecule has 0 radical (unpaired) electrons. The summed E-state index contributed by atoms with van der Waals surface area (Å²) < 4.78 is 27.8. The average molecular weight is 246 g/mol. The smallest absolute Gasteiger partial charge is 0.312 e. The van der Waals surface area contributed by atoms with Gasteiger partial charge in [0, 0.05) is 0 Å². The molecule has 1 aromatic rings. The van der Waals surface area contributed by atoms with Gasteiger partial charge in [-0.1, -0.05) is 5.16 Å². The first-order valence-corrected chi connectivity index (χ1v) is 6.46. The maximum atomic E-state index is 11.6. The minimum atomic E-state index is -3.19. The maximum Gasteiger partial charge on any atom is 0.312 e. The average Bonchev–Trinajstić information content (AvgIpc) is 2.70. The van der Waals surface area contributed by atoms with Gasteiger partial charge in [-0.25, -0.2) is 8.42 Å². The van der Waals surface area contributed by atoms with Crippen molar-refractivity contribution in [2.24, 2.45) is 0 Å². The van der Waals surface area contributed by atoms with Crippen molar-refractivity contribution in [1.29, 1.82) is 0 Å². The van der Waals surface area contributed by atoms with Gasteiger partial charge in [0.1, 0.15) is 11.7 Å². The molecule has 0 aromatic carbocycles. The summed E-state index contributed by atoms with van der Waals surface area (Å²) >= 11 is 0. The van der Waals surface area contributed by atoms with Crippen LogP contribution in [0.4, 0.5) is 0 Å². The zero-order valence-corrected chi connectivity index (χ0v) is 9.11. The molecule has 0 bridgehead atoms. The normalized spacial score (nSPS) is 23.4. The van der Waals surface area contributed by atoms with E-state index < -0.39 is 21.1 Å². The van der Waals surface area contributed by atoms with Crippen molar-refractivity contribution in [3.63, 3.8) is 0 Å². The molecule has 7 nitrogen and oxygen atoms in total. The number of carbonyl (C=O) groups is 1. The summed E-state index contributed by atoms with van der Waals surface area (Å²) in [6.07, 6.45) is 0.657. The van der Waals surface area contributed by atoms with E-state index in [0.717, 1.165) is 0 Å². The topological polar surface area (TPSA) is 110 Å². The molecule has 1 unspecified atom stereocenters. The molecule has 2 rings (SSSR count). The Kier molecular flexibility index (Phi) is 2.66. The first-order valence-electron chi connectivity index (χ1n) is 4.75. The second-order valence-corrected chi connectivity index (χ2v) is 5.92. The Hall–Kier alpha value is -1.44. The van der Waals surface area contributed by atoms with E-state index in [1.165, 1.54) is 0 Å². The summed E-state index contributed by atoms with van der Waals surface area (Å²) in [6, 6.07) is 0. The van der Waals surface area contributed by atoms with Gasteiger partial charge in [0.2, 0.25) is 5.89 Å². The van der Waals surface area contributed by atoms with Gasteiger partial charge in [0.15, 0.2) is 15.7 Å². The number of sulfone groups is 1. The van der Waals surface area contributed by atoms with E-state index in [-0.39, 0.29) is 23.9 Å². The van der Waals surface area contributed by atoms with Crippen LogP contribution in [0.15, 0.2) is 4.52 Å². The quantitative estimate of drug-likeness (QED) is 0.795. The van der Waals surface area contributed by atoms with Crippen LogP contribution in [0.3, 0.4) is 0 Å². The lowest BCUT2D eigenvalue weighted by Crippen LogP contribution is -2.09. The lowest BCUT2D eigenvalue weighted by molar-refractivity contribution is -0.136. The fourth-order valence-electron chi connectivity index (χ4n) is 1.68. The number of carboxylic acids is 1. The zero-order chi connectivity index (χ0) is 11.8. The van der Waals surface area contributed by atoms with Crippen LogP contribution in [0.5, 0.6) is 0 Å². The van der Waals surface area contributed by atoms with E-state index in [9.17, 15) is 13.2 Å². The van der Waals surface area contributed by atoms with Gasteiger partial charge in [-0.05, 0) is 12.8 Å². The molecule has 1 N–H and O–H groups in total. The van der Waals surface area contributed by atoms with Gasteiger partial charge >= 0.3 is 5.97 Å². The highest BCUT2D eigenvalue weighted by Gasteiger charge is 2.36. The van der Waals surface area contributed by atoms with Crippen molar-refractivity contribution >= 4 is 15.8 Å². The standard InChI is InChI=1S/C8H10N2O5S/c11-7(12)4-6-9-8(10-15-6)5-2-1-3-16(5,13)14/h5H,1-4H2,(H,11,12). The molecule has 16 heavy (non-hydrogen) atoms. The number of rotatable bonds is 3. The molecule has 0 saturated carbocycles. The van der Waals surface area contributed by atoms with E-state index in [0.29, 0.717) is 12.8 Å². The Balaban J connectivity index is 2.22. The van der Waals surface area contributed by atoms with E-state index in [4.69, 9.17) is 5.11 Å². The Morgan fingerprint density at radius 3 is 2.88 bits per heavy atom. The summed E-state index contributed by atoms with van der Waals surface area (Å²) in [6.45, 7) is 0. The number of aliphatic carboxylic acids is 1. The molecule has 0 spiro atoms. The predicted molar refractivity (Wildman–Crippen MR) is 51.4 cm³/mol. The van der Waals surface area contributed by atoms with Crippen LogP contribution in [0.1, 0.15) is 29.8 Å². The predicted octanol–water partition coefficient (Wildman–Crippen LogP) is -0.0536. The molecule has 2 heterocycles. The van der Waals surface area contributed by atoms with Crippen LogP contribution in [-0.4, -0.2) is 35.4 Å². The largest absolute Gasteiger partial charge is 0.481 e. The third kappa shape index (κ3) is 2.06. The van der Waals surface area contributed by atoms with Gasteiger partial charge < -0.3 is 9.63 Å². The Bertz CT molecular complexity index is 506. The van der Waals surface area contributed by atoms with Crippen molar-refractivity contribution in [3.8, 4) is 0 Å². The first-order chi connectivity index (χ1) is 7.49. The Morgan fingerprint density at radius 1 is 1.56 bits per heavy atom. The first kappa shape index (κ1) is 11.1. The molecule has 1 aliphatic heterocycles. The lowest BCUT2D eigenvalue weighted by Gasteiger charge is -2.01. The van der Waals surface area contributed by atoms with Crippen molar-refractivity contribution in [3.05, 3.63) is 11.7 Å². The molecular formula is C8H10N2O5S. The molecule has 1 fully saturated rings. The summed E-state index contributed by atoms with van der Waals surface area (Å²) in [7, 11) is -3.19. The highest BCUT2D eigenvalue weighted by molar-refractivity contribution is 7.91. The molecule has 0 amide bonds. The molecule has 1 aromatic heterocycles. The molecule has 88 valence electrons. The SMILES string of the molecule is O=C(O)Cc1nc(C2CCCS2(=O)=O)no1. The van der Waals surface area contributed by atoms with Crippen molar-refractivity contribution in [2.45, 2.75) is 24.5 Å². The Morgan fingerprint density at radius 2 is 2.31 bits per heavy atom. The Labute approximate surface area is 91.4 Å². The molecule has 1 atom stereocenters. The second-order valence-electron chi connectivity index (χ2n) is 3.61. The van der Waals surface area contributed by atoms with Crippen LogP contribution < -0.4 is 0 Å². The third-order valence-corrected chi connectivity index (χ3v) is 4.57. The van der Waals surface area contributed by atoms with Crippen LogP contribution in [0.2, 0.25) is 0 Å². The number of aromatic nitrogens is 2. The molecular weight excluding hydrogens is 236 g/mol. The van der Waals surface area contributed by atoms with Gasteiger partial charge in [-0.2, -0.15) is 4.98 Å². The molecule has 1 aliphatic rings. The minimum Gasteiger partial charge on any atom is -0.481 e. The fraction of sp³-hybridized carbons (Fsp3) is 0.625. The summed E-state index contributed by atoms with van der Waals surface area (Å²) in [4.78, 5) is 14.2. The third-order valence-electron chi connectivity index (χ3n) is 2.40. The van der Waals surface area contributed by atoms with E-state index in [2.05, 4.69) is 14.7 Å². The molecule has 8 heteroatoms. The van der Waals surface area contributed by atoms with Crippen molar-refractivity contribution < 1.29 is 22.8 Å². The van der Waals surface area contributed by atoms with Crippen molar-refractivity contribution in [2.75, 3.05) is 5.75 Å². The van der Waals surface area contributed by atoms with E-state index >= 15 is 0 Å². The van der Waals surface area contributed by atoms with Crippen LogP contribution >= 0.6 is 0 Å². The lowest BCUT2D eigenvalue weighted by atomic mass is 10.2. The monoisotopic (exact) mass is 246 g/mol. The van der Waals surface area contributed by atoms with Crippen LogP contribution in [-0.2, 0) is 21.1 Å². The van der Waals surface area contributed by atoms with Crippen LogP contribution in [0.25, 0.3) is 0 Å². The van der Waals surface area contributed by atoms with Gasteiger partial charge in [0.05, 0.1) is 5.75 Å². The minimum absolute atomic E-state index is 0.0652. The number of carboxylic acid groups (broad SMARTS) is 1. The molecule has 0 aliphatic carbocycles.